The molecule has 0 atom stereocenters. The van der Waals surface area contributed by atoms with Crippen LogP contribution in [-0.2, 0) is 21.4 Å². The minimum absolute atomic E-state index is 0.0671. The maximum Gasteiger partial charge on any atom is 0.243 e. The van der Waals surface area contributed by atoms with Gasteiger partial charge in [0.25, 0.3) is 0 Å². The zero-order chi connectivity index (χ0) is 21.0. The van der Waals surface area contributed by atoms with Gasteiger partial charge in [-0.25, -0.2) is 8.42 Å². The van der Waals surface area contributed by atoms with Crippen LogP contribution in [0.15, 0.2) is 41.4 Å². The number of nitrogens with zero attached hydrogens (tertiary/aromatic N) is 2. The molecule has 1 aliphatic heterocycles. The maximum absolute atomic E-state index is 12.7. The lowest BCUT2D eigenvalue weighted by Gasteiger charge is -2.30. The minimum Gasteiger partial charge on any atom is -0.496 e. The number of sulfonamides is 1. The van der Waals surface area contributed by atoms with Crippen LogP contribution in [0, 0.1) is 19.8 Å². The van der Waals surface area contributed by atoms with Crippen LogP contribution in [0.4, 0.5) is 0 Å². The van der Waals surface area contributed by atoms with Crippen molar-refractivity contribution in [2.75, 3.05) is 20.2 Å². The Morgan fingerprint density at radius 1 is 1.21 bits per heavy atom. The van der Waals surface area contributed by atoms with E-state index in [-0.39, 0.29) is 16.7 Å². The number of carbonyl (C=O) groups excluding carboxylic acids is 1. The highest BCUT2D eigenvalue weighted by Gasteiger charge is 2.32. The van der Waals surface area contributed by atoms with Crippen molar-refractivity contribution in [1.29, 1.82) is 0 Å². The monoisotopic (exact) mass is 417 g/mol. The Bertz CT molecular complexity index is 969. The summed E-state index contributed by atoms with van der Waals surface area (Å²) in [5, 5.41) is 2.94. The number of hydrogen-bond acceptors (Lipinski definition) is 5. The van der Waals surface area contributed by atoms with Crippen LogP contribution in [0.1, 0.15) is 29.7 Å². The second-order valence-electron chi connectivity index (χ2n) is 7.26. The van der Waals surface area contributed by atoms with Crippen LogP contribution in [0.5, 0.6) is 5.75 Å². The lowest BCUT2D eigenvalue weighted by molar-refractivity contribution is -0.126. The molecule has 1 aromatic carbocycles. The van der Waals surface area contributed by atoms with Gasteiger partial charge in [-0.1, -0.05) is 18.2 Å². The average Bonchev–Trinajstić information content (AvgIpc) is 2.74. The molecule has 1 aromatic heterocycles. The second kappa shape index (κ2) is 8.92. The number of aryl methyl sites for hydroxylation is 1. The Balaban J connectivity index is 1.57. The summed E-state index contributed by atoms with van der Waals surface area (Å²) >= 11 is 0. The topological polar surface area (TPSA) is 88.6 Å². The molecule has 1 fully saturated rings. The lowest BCUT2D eigenvalue weighted by Crippen LogP contribution is -2.42. The molecule has 1 saturated heterocycles. The van der Waals surface area contributed by atoms with Crippen molar-refractivity contribution in [3.05, 3.63) is 53.3 Å². The average molecular weight is 418 g/mol. The molecular weight excluding hydrogens is 390 g/mol. The van der Waals surface area contributed by atoms with Gasteiger partial charge >= 0.3 is 0 Å². The van der Waals surface area contributed by atoms with Crippen molar-refractivity contribution in [3.8, 4) is 5.75 Å². The first-order chi connectivity index (χ1) is 13.8. The van der Waals surface area contributed by atoms with E-state index in [9.17, 15) is 13.2 Å². The summed E-state index contributed by atoms with van der Waals surface area (Å²) in [4.78, 5) is 17.3. The standard InChI is InChI=1S/C21H27N3O4S/c1-15-13-22-19(16(2)20(15)28-3)14-23-21(25)17-9-11-24(12-10-17)29(26,27)18-7-5-4-6-8-18/h4-8,13,17H,9-12,14H2,1-3H3,(H,23,25). The number of rotatable bonds is 6. The van der Waals surface area contributed by atoms with Crippen LogP contribution in [0.2, 0.25) is 0 Å². The molecule has 0 spiro atoms. The molecule has 8 heteroatoms. The zero-order valence-electron chi connectivity index (χ0n) is 17.0. The van der Waals surface area contributed by atoms with Gasteiger partial charge in [-0.05, 0) is 38.8 Å². The summed E-state index contributed by atoms with van der Waals surface area (Å²) in [6.07, 6.45) is 2.74. The number of hydrogen-bond donors (Lipinski definition) is 1. The second-order valence-corrected chi connectivity index (χ2v) is 9.19. The quantitative estimate of drug-likeness (QED) is 0.780. The van der Waals surface area contributed by atoms with Gasteiger partial charge < -0.3 is 10.1 Å². The number of pyridine rings is 1. The molecule has 156 valence electrons. The normalized spacial score (nSPS) is 15.8. The first-order valence-corrected chi connectivity index (χ1v) is 11.1. The number of amides is 1. The summed E-state index contributed by atoms with van der Waals surface area (Å²) < 4.78 is 32.3. The lowest BCUT2D eigenvalue weighted by atomic mass is 9.97. The summed E-state index contributed by atoms with van der Waals surface area (Å²) in [7, 11) is -1.89. The number of aromatic nitrogens is 1. The first kappa shape index (κ1) is 21.3. The van der Waals surface area contributed by atoms with Gasteiger partial charge in [0.1, 0.15) is 5.75 Å². The summed E-state index contributed by atoms with van der Waals surface area (Å²) in [5.41, 5.74) is 2.63. The van der Waals surface area contributed by atoms with E-state index in [1.165, 1.54) is 4.31 Å². The van der Waals surface area contributed by atoms with Crippen LogP contribution >= 0.6 is 0 Å². The zero-order valence-corrected chi connectivity index (χ0v) is 17.8. The Labute approximate surface area is 172 Å². The molecule has 1 aliphatic rings. The third-order valence-electron chi connectivity index (χ3n) is 5.39. The molecule has 0 aliphatic carbocycles. The number of ether oxygens (including phenoxy) is 1. The third-order valence-corrected chi connectivity index (χ3v) is 7.30. The minimum atomic E-state index is -3.51. The molecule has 2 heterocycles. The van der Waals surface area contributed by atoms with Gasteiger partial charge in [0.05, 0.1) is 24.2 Å². The number of methoxy groups -OCH3 is 1. The molecule has 2 aromatic rings. The van der Waals surface area contributed by atoms with E-state index in [1.807, 2.05) is 13.8 Å². The molecular formula is C21H27N3O4S. The molecule has 29 heavy (non-hydrogen) atoms. The number of benzene rings is 1. The molecule has 0 saturated carbocycles. The van der Waals surface area contributed by atoms with Crippen LogP contribution < -0.4 is 10.1 Å². The van der Waals surface area contributed by atoms with Crippen molar-refractivity contribution in [2.24, 2.45) is 5.92 Å². The molecule has 1 amide bonds. The summed E-state index contributed by atoms with van der Waals surface area (Å²) in [6, 6.07) is 8.40. The van der Waals surface area contributed by atoms with Gasteiger partial charge in [-0.2, -0.15) is 4.31 Å². The van der Waals surface area contributed by atoms with E-state index >= 15 is 0 Å². The Hall–Kier alpha value is -2.45. The van der Waals surface area contributed by atoms with Crippen molar-refractivity contribution < 1.29 is 17.9 Å². The highest BCUT2D eigenvalue weighted by atomic mass is 32.2. The first-order valence-electron chi connectivity index (χ1n) is 9.66. The molecule has 1 N–H and O–H groups in total. The van der Waals surface area contributed by atoms with E-state index in [0.717, 1.165) is 22.6 Å². The van der Waals surface area contributed by atoms with E-state index in [1.54, 1.807) is 43.6 Å². The van der Waals surface area contributed by atoms with E-state index in [4.69, 9.17) is 4.74 Å². The molecule has 0 radical (unpaired) electrons. The molecule has 0 unspecified atom stereocenters. The summed E-state index contributed by atoms with van der Waals surface area (Å²) in [5.74, 6) is 0.510. The predicted octanol–water partition coefficient (Wildman–Crippen LogP) is 2.42. The highest BCUT2D eigenvalue weighted by molar-refractivity contribution is 7.89. The van der Waals surface area contributed by atoms with Crippen molar-refractivity contribution in [1.82, 2.24) is 14.6 Å². The summed E-state index contributed by atoms with van der Waals surface area (Å²) in [6.45, 7) is 4.85. The van der Waals surface area contributed by atoms with Crippen LogP contribution in [0.3, 0.4) is 0 Å². The third kappa shape index (κ3) is 4.59. The van der Waals surface area contributed by atoms with Gasteiger partial charge in [0.2, 0.25) is 15.9 Å². The fourth-order valence-electron chi connectivity index (χ4n) is 3.66. The van der Waals surface area contributed by atoms with Gasteiger partial charge in [0.15, 0.2) is 0 Å². The Morgan fingerprint density at radius 2 is 1.86 bits per heavy atom. The fourth-order valence-corrected chi connectivity index (χ4v) is 5.16. The number of piperidine rings is 1. The van der Waals surface area contributed by atoms with Crippen LogP contribution in [0.25, 0.3) is 0 Å². The molecule has 7 nitrogen and oxygen atoms in total. The van der Waals surface area contributed by atoms with Gasteiger partial charge in [-0.15, -0.1) is 0 Å². The number of carbonyl (C=O) groups is 1. The highest BCUT2D eigenvalue weighted by Crippen LogP contribution is 2.25. The Kier molecular flexibility index (Phi) is 6.54. The van der Waals surface area contributed by atoms with Crippen molar-refractivity contribution in [2.45, 2.75) is 38.1 Å². The molecule has 3 rings (SSSR count). The molecule has 0 bridgehead atoms. The number of nitrogens with one attached hydrogen (secondary N) is 1. The van der Waals surface area contributed by atoms with E-state index < -0.39 is 10.0 Å². The van der Waals surface area contributed by atoms with Crippen LogP contribution in [-0.4, -0.2) is 43.8 Å². The largest absolute Gasteiger partial charge is 0.496 e. The fraction of sp³-hybridized carbons (Fsp3) is 0.429. The van der Waals surface area contributed by atoms with E-state index in [0.29, 0.717) is 32.5 Å². The van der Waals surface area contributed by atoms with Crippen molar-refractivity contribution >= 4 is 15.9 Å². The van der Waals surface area contributed by atoms with Crippen molar-refractivity contribution in [3.63, 3.8) is 0 Å². The van der Waals surface area contributed by atoms with Gasteiger partial charge in [0, 0.05) is 36.3 Å². The Morgan fingerprint density at radius 3 is 2.48 bits per heavy atom. The van der Waals surface area contributed by atoms with Gasteiger partial charge in [-0.3, -0.25) is 9.78 Å². The smallest absolute Gasteiger partial charge is 0.243 e. The predicted molar refractivity (Wildman–Crippen MR) is 110 cm³/mol. The maximum atomic E-state index is 12.7. The SMILES string of the molecule is COc1c(C)cnc(CNC(=O)C2CCN(S(=O)(=O)c3ccccc3)CC2)c1C. The van der Waals surface area contributed by atoms with E-state index in [2.05, 4.69) is 10.3 Å².